The van der Waals surface area contributed by atoms with Crippen molar-refractivity contribution in [1.29, 1.82) is 0 Å². The number of carboxylic acids is 1. The van der Waals surface area contributed by atoms with Gasteiger partial charge < -0.3 is 15.7 Å². The standard InChI is InChI=1S/C15H26N2O3/c1-15(2,3)7-9(8-16)13(18)17-10-4-5-12(17)11(6-10)14(19)20/h9-12H,4-8,16H2,1-3H3,(H,19,20). The first-order chi connectivity index (χ1) is 9.24. The van der Waals surface area contributed by atoms with Gasteiger partial charge in [0.05, 0.1) is 11.8 Å². The lowest BCUT2D eigenvalue weighted by Gasteiger charge is -2.31. The van der Waals surface area contributed by atoms with Crippen LogP contribution in [0.4, 0.5) is 0 Å². The van der Waals surface area contributed by atoms with E-state index in [9.17, 15) is 14.7 Å². The number of hydrogen-bond donors (Lipinski definition) is 2. The molecule has 5 nitrogen and oxygen atoms in total. The average Bonchev–Trinajstić information content (AvgIpc) is 2.91. The molecule has 5 heteroatoms. The summed E-state index contributed by atoms with van der Waals surface area (Å²) in [5.74, 6) is -1.27. The Kier molecular flexibility index (Phi) is 4.09. The van der Waals surface area contributed by atoms with Gasteiger partial charge in [0.1, 0.15) is 0 Å². The van der Waals surface area contributed by atoms with Gasteiger partial charge >= 0.3 is 5.97 Å². The van der Waals surface area contributed by atoms with Crippen molar-refractivity contribution >= 4 is 11.9 Å². The van der Waals surface area contributed by atoms with E-state index in [1.165, 1.54) is 0 Å². The van der Waals surface area contributed by atoms with E-state index in [2.05, 4.69) is 20.8 Å². The van der Waals surface area contributed by atoms with E-state index in [4.69, 9.17) is 5.73 Å². The Balaban J connectivity index is 2.11. The minimum absolute atomic E-state index is 0.0463. The lowest BCUT2D eigenvalue weighted by Crippen LogP contribution is -2.44. The van der Waals surface area contributed by atoms with Crippen LogP contribution in [0, 0.1) is 17.3 Å². The van der Waals surface area contributed by atoms with Gasteiger partial charge in [0, 0.05) is 18.6 Å². The molecule has 2 heterocycles. The van der Waals surface area contributed by atoms with E-state index in [0.717, 1.165) is 19.3 Å². The maximum Gasteiger partial charge on any atom is 0.308 e. The minimum atomic E-state index is -0.768. The van der Waals surface area contributed by atoms with E-state index in [1.807, 2.05) is 4.90 Å². The normalized spacial score (nSPS) is 30.6. The van der Waals surface area contributed by atoms with Gasteiger partial charge in [0.2, 0.25) is 5.91 Å². The number of nitrogens with zero attached hydrogens (tertiary/aromatic N) is 1. The number of hydrogen-bond acceptors (Lipinski definition) is 3. The van der Waals surface area contributed by atoms with Gasteiger partial charge in [-0.1, -0.05) is 20.8 Å². The zero-order chi connectivity index (χ0) is 15.1. The molecule has 0 aliphatic carbocycles. The zero-order valence-corrected chi connectivity index (χ0v) is 12.6. The summed E-state index contributed by atoms with van der Waals surface area (Å²) in [6, 6.07) is 0.00152. The van der Waals surface area contributed by atoms with Crippen LogP contribution >= 0.6 is 0 Å². The average molecular weight is 282 g/mol. The van der Waals surface area contributed by atoms with Crippen LogP contribution in [0.5, 0.6) is 0 Å². The smallest absolute Gasteiger partial charge is 0.308 e. The highest BCUT2D eigenvalue weighted by Crippen LogP contribution is 2.43. The maximum atomic E-state index is 12.7. The van der Waals surface area contributed by atoms with Crippen LogP contribution in [0.25, 0.3) is 0 Å². The number of carbonyl (C=O) groups excluding carboxylic acids is 1. The number of fused-ring (bicyclic) bond motifs is 2. The molecule has 0 aromatic rings. The summed E-state index contributed by atoms with van der Waals surface area (Å²) in [4.78, 5) is 25.9. The molecule has 0 aromatic heterocycles. The van der Waals surface area contributed by atoms with Crippen molar-refractivity contribution in [1.82, 2.24) is 4.90 Å². The third kappa shape index (κ3) is 2.82. The molecule has 4 atom stereocenters. The molecule has 0 radical (unpaired) electrons. The molecule has 2 rings (SSSR count). The molecule has 4 unspecified atom stereocenters. The van der Waals surface area contributed by atoms with Crippen LogP contribution in [0.1, 0.15) is 46.5 Å². The molecular formula is C15H26N2O3. The second-order valence-corrected chi connectivity index (χ2v) is 7.42. The monoisotopic (exact) mass is 282 g/mol. The predicted octanol–water partition coefficient (Wildman–Crippen LogP) is 1.46. The van der Waals surface area contributed by atoms with Crippen molar-refractivity contribution in [3.8, 4) is 0 Å². The fourth-order valence-electron chi connectivity index (χ4n) is 3.82. The lowest BCUT2D eigenvalue weighted by molar-refractivity contribution is -0.143. The van der Waals surface area contributed by atoms with Gasteiger partial charge in [-0.15, -0.1) is 0 Å². The molecule has 0 spiro atoms. The van der Waals surface area contributed by atoms with Crippen molar-refractivity contribution in [2.75, 3.05) is 6.54 Å². The Labute approximate surface area is 120 Å². The third-order valence-electron chi connectivity index (χ3n) is 4.60. The molecule has 114 valence electrons. The van der Waals surface area contributed by atoms with E-state index < -0.39 is 5.97 Å². The number of carbonyl (C=O) groups is 2. The first-order valence-corrected chi connectivity index (χ1v) is 7.49. The Hall–Kier alpha value is -1.10. The third-order valence-corrected chi connectivity index (χ3v) is 4.60. The number of aliphatic carboxylic acids is 1. The Morgan fingerprint density at radius 2 is 2.00 bits per heavy atom. The molecule has 1 amide bonds. The van der Waals surface area contributed by atoms with Gasteiger partial charge in [0.25, 0.3) is 0 Å². The quantitative estimate of drug-likeness (QED) is 0.817. The topological polar surface area (TPSA) is 83.6 Å². The molecule has 2 aliphatic heterocycles. The van der Waals surface area contributed by atoms with Crippen LogP contribution < -0.4 is 5.73 Å². The Bertz CT molecular complexity index is 402. The van der Waals surface area contributed by atoms with Crippen LogP contribution in [-0.4, -0.2) is 40.5 Å². The molecule has 0 aromatic carbocycles. The van der Waals surface area contributed by atoms with Crippen LogP contribution in [0.3, 0.4) is 0 Å². The number of nitrogens with two attached hydrogens (primary N) is 1. The number of rotatable bonds is 4. The van der Waals surface area contributed by atoms with Gasteiger partial charge in [-0.2, -0.15) is 0 Å². The van der Waals surface area contributed by atoms with Gasteiger partial charge in [-0.25, -0.2) is 0 Å². The molecule has 2 fully saturated rings. The van der Waals surface area contributed by atoms with Crippen molar-refractivity contribution in [2.24, 2.45) is 23.0 Å². The van der Waals surface area contributed by atoms with E-state index in [-0.39, 0.29) is 35.2 Å². The number of amides is 1. The van der Waals surface area contributed by atoms with Gasteiger partial charge in [-0.05, 0) is 31.1 Å². The highest BCUT2D eigenvalue weighted by molar-refractivity contribution is 5.82. The predicted molar refractivity (Wildman–Crippen MR) is 76.0 cm³/mol. The van der Waals surface area contributed by atoms with Crippen LogP contribution in [0.15, 0.2) is 0 Å². The second kappa shape index (κ2) is 5.35. The summed E-state index contributed by atoms with van der Waals surface area (Å²) in [5.41, 5.74) is 5.84. The minimum Gasteiger partial charge on any atom is -0.481 e. The van der Waals surface area contributed by atoms with E-state index in [1.54, 1.807) is 0 Å². The van der Waals surface area contributed by atoms with Crippen molar-refractivity contribution in [2.45, 2.75) is 58.5 Å². The highest BCUT2D eigenvalue weighted by atomic mass is 16.4. The largest absolute Gasteiger partial charge is 0.481 e. The molecule has 2 aliphatic rings. The van der Waals surface area contributed by atoms with Crippen molar-refractivity contribution in [3.63, 3.8) is 0 Å². The summed E-state index contributed by atoms with van der Waals surface area (Å²) in [7, 11) is 0. The summed E-state index contributed by atoms with van der Waals surface area (Å²) < 4.78 is 0. The lowest BCUT2D eigenvalue weighted by atomic mass is 9.84. The van der Waals surface area contributed by atoms with E-state index >= 15 is 0 Å². The molecule has 20 heavy (non-hydrogen) atoms. The molecular weight excluding hydrogens is 256 g/mol. The SMILES string of the molecule is CC(C)(C)CC(CN)C(=O)N1C2CCC1C(C(=O)O)C2. The van der Waals surface area contributed by atoms with Crippen molar-refractivity contribution < 1.29 is 14.7 Å². The summed E-state index contributed by atoms with van der Waals surface area (Å²) in [6.45, 7) is 6.63. The molecule has 2 bridgehead atoms. The van der Waals surface area contributed by atoms with Gasteiger partial charge in [-0.3, -0.25) is 9.59 Å². The fraction of sp³-hybridized carbons (Fsp3) is 0.867. The Morgan fingerprint density at radius 1 is 1.35 bits per heavy atom. The maximum absolute atomic E-state index is 12.7. The van der Waals surface area contributed by atoms with Crippen LogP contribution in [-0.2, 0) is 9.59 Å². The van der Waals surface area contributed by atoms with Gasteiger partial charge in [0.15, 0.2) is 0 Å². The first kappa shape index (κ1) is 15.3. The molecule has 0 saturated carbocycles. The summed E-state index contributed by atoms with van der Waals surface area (Å²) >= 11 is 0. The highest BCUT2D eigenvalue weighted by Gasteiger charge is 2.52. The first-order valence-electron chi connectivity index (χ1n) is 7.49. The van der Waals surface area contributed by atoms with Crippen molar-refractivity contribution in [3.05, 3.63) is 0 Å². The molecule has 2 saturated heterocycles. The Morgan fingerprint density at radius 3 is 2.45 bits per heavy atom. The van der Waals surface area contributed by atoms with E-state index in [0.29, 0.717) is 13.0 Å². The second-order valence-electron chi connectivity index (χ2n) is 7.42. The summed E-state index contributed by atoms with van der Waals surface area (Å²) in [6.07, 6.45) is 3.11. The summed E-state index contributed by atoms with van der Waals surface area (Å²) in [5, 5.41) is 9.25. The molecule has 3 N–H and O–H groups in total. The fourth-order valence-corrected chi connectivity index (χ4v) is 3.82. The van der Waals surface area contributed by atoms with Crippen LogP contribution in [0.2, 0.25) is 0 Å². The number of carboxylic acid groups (broad SMARTS) is 1. The zero-order valence-electron chi connectivity index (χ0n) is 12.6.